The number of sulfonamides is 1. The first-order valence-electron chi connectivity index (χ1n) is 8.72. The summed E-state index contributed by atoms with van der Waals surface area (Å²) in [5.74, 6) is 0.677. The third kappa shape index (κ3) is 3.40. The van der Waals surface area contributed by atoms with E-state index in [-0.39, 0.29) is 11.0 Å². The molecule has 0 amide bonds. The Bertz CT molecular complexity index is 1100. The van der Waals surface area contributed by atoms with E-state index in [0.717, 1.165) is 10.9 Å². The summed E-state index contributed by atoms with van der Waals surface area (Å²) in [4.78, 5) is 4.64. The average molecular weight is 403 g/mol. The molecule has 1 aliphatic heterocycles. The average Bonchev–Trinajstić information content (AvgIpc) is 3.14. The van der Waals surface area contributed by atoms with Crippen molar-refractivity contribution >= 4 is 32.5 Å². The SMILES string of the molecule is Cc1c(Cl)cccc1S(=O)(=O)N1CCC(Oc2cccc3cccnc23)C1. The molecule has 0 bridgehead atoms. The minimum absolute atomic E-state index is 0.216. The highest BCUT2D eigenvalue weighted by atomic mass is 35.5. The van der Waals surface area contributed by atoms with Crippen LogP contribution in [0.3, 0.4) is 0 Å². The van der Waals surface area contributed by atoms with Crippen molar-refractivity contribution in [3.63, 3.8) is 0 Å². The van der Waals surface area contributed by atoms with Crippen LogP contribution in [0.15, 0.2) is 59.6 Å². The van der Waals surface area contributed by atoms with Gasteiger partial charge in [0.2, 0.25) is 10.0 Å². The number of para-hydroxylation sites is 1. The quantitative estimate of drug-likeness (QED) is 0.660. The predicted molar refractivity (Wildman–Crippen MR) is 106 cm³/mol. The maximum Gasteiger partial charge on any atom is 0.243 e. The number of pyridine rings is 1. The van der Waals surface area contributed by atoms with Gasteiger partial charge in [0.1, 0.15) is 17.4 Å². The molecule has 1 aliphatic rings. The van der Waals surface area contributed by atoms with Crippen LogP contribution in [0.4, 0.5) is 0 Å². The minimum atomic E-state index is -3.61. The van der Waals surface area contributed by atoms with Crippen LogP contribution in [0.25, 0.3) is 10.9 Å². The van der Waals surface area contributed by atoms with Crippen LogP contribution in [-0.4, -0.2) is 36.9 Å². The van der Waals surface area contributed by atoms with Crippen LogP contribution in [0.5, 0.6) is 5.75 Å². The molecule has 1 aromatic heterocycles. The number of ether oxygens (including phenoxy) is 1. The Kier molecular flexibility index (Phi) is 4.80. The molecule has 2 heterocycles. The monoisotopic (exact) mass is 402 g/mol. The highest BCUT2D eigenvalue weighted by Crippen LogP contribution is 2.30. The summed E-state index contributed by atoms with van der Waals surface area (Å²) in [5, 5.41) is 1.44. The van der Waals surface area contributed by atoms with Gasteiger partial charge in [0.25, 0.3) is 0 Å². The second-order valence-electron chi connectivity index (χ2n) is 6.59. The number of nitrogens with zero attached hydrogens (tertiary/aromatic N) is 2. The first-order chi connectivity index (χ1) is 13.0. The molecular formula is C20H19ClN2O3S. The standard InChI is InChI=1S/C20H19ClN2O3S/c1-14-17(21)7-3-9-19(14)27(24,25)23-12-10-16(13-23)26-18-8-2-5-15-6-4-11-22-20(15)18/h2-9,11,16H,10,12-13H2,1H3. The molecule has 0 radical (unpaired) electrons. The number of rotatable bonds is 4. The van der Waals surface area contributed by atoms with Gasteiger partial charge in [-0.05, 0) is 43.2 Å². The normalized spacial score (nSPS) is 18.1. The third-order valence-electron chi connectivity index (χ3n) is 4.83. The van der Waals surface area contributed by atoms with Crippen molar-refractivity contribution in [2.75, 3.05) is 13.1 Å². The first-order valence-corrected chi connectivity index (χ1v) is 10.5. The molecule has 2 aromatic carbocycles. The fourth-order valence-electron chi connectivity index (χ4n) is 3.37. The molecule has 1 unspecified atom stereocenters. The Morgan fingerprint density at radius 3 is 2.78 bits per heavy atom. The summed E-state index contributed by atoms with van der Waals surface area (Å²) in [6.45, 7) is 2.44. The van der Waals surface area contributed by atoms with Gasteiger partial charge in [-0.2, -0.15) is 4.31 Å². The van der Waals surface area contributed by atoms with Crippen molar-refractivity contribution < 1.29 is 13.2 Å². The van der Waals surface area contributed by atoms with Crippen molar-refractivity contribution in [1.82, 2.24) is 9.29 Å². The molecule has 4 rings (SSSR count). The van der Waals surface area contributed by atoms with Gasteiger partial charge in [0, 0.05) is 23.2 Å². The lowest BCUT2D eigenvalue weighted by Crippen LogP contribution is -2.31. The fourth-order valence-corrected chi connectivity index (χ4v) is 5.33. The lowest BCUT2D eigenvalue weighted by atomic mass is 10.2. The van der Waals surface area contributed by atoms with Gasteiger partial charge in [-0.25, -0.2) is 8.42 Å². The van der Waals surface area contributed by atoms with E-state index in [2.05, 4.69) is 4.98 Å². The van der Waals surface area contributed by atoms with Gasteiger partial charge in [-0.3, -0.25) is 4.98 Å². The van der Waals surface area contributed by atoms with E-state index in [9.17, 15) is 8.42 Å². The molecule has 5 nitrogen and oxygen atoms in total. The topological polar surface area (TPSA) is 59.5 Å². The second kappa shape index (κ2) is 7.11. The van der Waals surface area contributed by atoms with Crippen LogP contribution in [0.1, 0.15) is 12.0 Å². The van der Waals surface area contributed by atoms with E-state index < -0.39 is 10.0 Å². The van der Waals surface area contributed by atoms with Crippen LogP contribution in [0, 0.1) is 6.92 Å². The maximum atomic E-state index is 13.0. The Labute approximate surface area is 163 Å². The molecule has 1 saturated heterocycles. The van der Waals surface area contributed by atoms with Crippen LogP contribution < -0.4 is 4.74 Å². The molecule has 0 saturated carbocycles. The molecule has 0 spiro atoms. The molecular weight excluding hydrogens is 384 g/mol. The van der Waals surface area contributed by atoms with Crippen molar-refractivity contribution in [3.8, 4) is 5.75 Å². The van der Waals surface area contributed by atoms with Gasteiger partial charge in [0.05, 0.1) is 11.4 Å². The highest BCUT2D eigenvalue weighted by molar-refractivity contribution is 7.89. The summed E-state index contributed by atoms with van der Waals surface area (Å²) in [6.07, 6.45) is 2.14. The van der Waals surface area contributed by atoms with Gasteiger partial charge >= 0.3 is 0 Å². The summed E-state index contributed by atoms with van der Waals surface area (Å²) < 4.78 is 33.6. The third-order valence-corrected chi connectivity index (χ3v) is 7.25. The Morgan fingerprint density at radius 1 is 1.15 bits per heavy atom. The van der Waals surface area contributed by atoms with Gasteiger partial charge in [-0.1, -0.05) is 35.9 Å². The second-order valence-corrected chi connectivity index (χ2v) is 8.90. The van der Waals surface area contributed by atoms with Crippen molar-refractivity contribution in [1.29, 1.82) is 0 Å². The van der Waals surface area contributed by atoms with E-state index in [1.807, 2.05) is 30.3 Å². The van der Waals surface area contributed by atoms with Crippen molar-refractivity contribution in [2.45, 2.75) is 24.3 Å². The zero-order valence-electron chi connectivity index (χ0n) is 14.8. The van der Waals surface area contributed by atoms with Crippen molar-refractivity contribution in [2.24, 2.45) is 0 Å². The van der Waals surface area contributed by atoms with Gasteiger partial charge in [0.15, 0.2) is 0 Å². The summed E-state index contributed by atoms with van der Waals surface area (Å²) in [5.41, 5.74) is 1.36. The smallest absolute Gasteiger partial charge is 0.243 e. The molecule has 7 heteroatoms. The van der Waals surface area contributed by atoms with Gasteiger partial charge in [-0.15, -0.1) is 0 Å². The van der Waals surface area contributed by atoms with E-state index in [1.165, 1.54) is 4.31 Å². The number of halogens is 1. The number of benzene rings is 2. The zero-order chi connectivity index (χ0) is 19.0. The number of hydrogen-bond acceptors (Lipinski definition) is 4. The predicted octanol–water partition coefficient (Wildman–Crippen LogP) is 4.04. The Morgan fingerprint density at radius 2 is 1.93 bits per heavy atom. The largest absolute Gasteiger partial charge is 0.487 e. The van der Waals surface area contributed by atoms with Gasteiger partial charge < -0.3 is 4.74 Å². The number of hydrogen-bond donors (Lipinski definition) is 0. The molecule has 0 aliphatic carbocycles. The zero-order valence-corrected chi connectivity index (χ0v) is 16.4. The Hall–Kier alpha value is -2.15. The molecule has 0 N–H and O–H groups in total. The van der Waals surface area contributed by atoms with Crippen molar-refractivity contribution in [3.05, 3.63) is 65.3 Å². The summed E-state index contributed by atoms with van der Waals surface area (Å²) in [7, 11) is -3.61. The van der Waals surface area contributed by atoms with E-state index in [4.69, 9.17) is 16.3 Å². The highest BCUT2D eigenvalue weighted by Gasteiger charge is 2.34. The molecule has 1 atom stereocenters. The molecule has 1 fully saturated rings. The van der Waals surface area contributed by atoms with Crippen LogP contribution in [-0.2, 0) is 10.0 Å². The summed E-state index contributed by atoms with van der Waals surface area (Å²) >= 11 is 6.10. The maximum absolute atomic E-state index is 13.0. The van der Waals surface area contributed by atoms with E-state index in [1.54, 1.807) is 31.3 Å². The Balaban J connectivity index is 1.56. The first kappa shape index (κ1) is 18.2. The lowest BCUT2D eigenvalue weighted by molar-refractivity contribution is 0.218. The summed E-state index contributed by atoms with van der Waals surface area (Å²) in [6, 6.07) is 14.6. The molecule has 3 aromatic rings. The van der Waals surface area contributed by atoms with Crippen LogP contribution in [0.2, 0.25) is 5.02 Å². The van der Waals surface area contributed by atoms with E-state index >= 15 is 0 Å². The number of aromatic nitrogens is 1. The lowest BCUT2D eigenvalue weighted by Gasteiger charge is -2.19. The minimum Gasteiger partial charge on any atom is -0.487 e. The van der Waals surface area contributed by atoms with E-state index in [0.29, 0.717) is 35.8 Å². The molecule has 27 heavy (non-hydrogen) atoms. The van der Waals surface area contributed by atoms with Crippen LogP contribution >= 0.6 is 11.6 Å². The number of fused-ring (bicyclic) bond motifs is 1. The fraction of sp³-hybridized carbons (Fsp3) is 0.250. The molecule has 140 valence electrons.